The Morgan fingerprint density at radius 2 is 2.17 bits per heavy atom. The first-order valence-corrected chi connectivity index (χ1v) is 8.24. The van der Waals surface area contributed by atoms with Crippen LogP contribution < -0.4 is 10.9 Å². The minimum absolute atomic E-state index is 0.0740. The van der Waals surface area contributed by atoms with Crippen molar-refractivity contribution in [3.63, 3.8) is 0 Å². The lowest BCUT2D eigenvalue weighted by molar-refractivity contribution is 0.187. The third-order valence-corrected chi connectivity index (χ3v) is 4.57. The van der Waals surface area contributed by atoms with Gasteiger partial charge < -0.3 is 10.1 Å². The minimum Gasteiger partial charge on any atom is -0.382 e. The first-order valence-electron chi connectivity index (χ1n) is 7.11. The zero-order valence-corrected chi connectivity index (χ0v) is 14.3. The second kappa shape index (κ2) is 7.09. The molecule has 23 heavy (non-hydrogen) atoms. The fourth-order valence-corrected chi connectivity index (χ4v) is 3.06. The van der Waals surface area contributed by atoms with Gasteiger partial charge in [0.25, 0.3) is 5.56 Å². The first kappa shape index (κ1) is 16.6. The molecule has 3 rings (SSSR count). The molecule has 1 N–H and O–H groups in total. The van der Waals surface area contributed by atoms with Crippen LogP contribution in [0.15, 0.2) is 29.2 Å². The van der Waals surface area contributed by atoms with Crippen molar-refractivity contribution in [1.82, 2.24) is 9.78 Å². The summed E-state index contributed by atoms with van der Waals surface area (Å²) in [6.45, 7) is 2.18. The summed E-state index contributed by atoms with van der Waals surface area (Å²) < 4.78 is 6.48. The molecule has 1 atom stereocenters. The maximum atomic E-state index is 12.4. The molecular weight excluding hydrogens is 361 g/mol. The molecule has 0 amide bonds. The zero-order valence-electron chi connectivity index (χ0n) is 12.1. The fraction of sp³-hybridized carbons (Fsp3) is 0.333. The summed E-state index contributed by atoms with van der Waals surface area (Å²) in [5.41, 5.74) is 0.493. The highest BCUT2D eigenvalue weighted by atomic mass is 35.5. The number of ether oxygens (including phenoxy) is 1. The number of nitrogens with one attached hydrogen (secondary N) is 1. The van der Waals surface area contributed by atoms with Crippen LogP contribution in [0.25, 0.3) is 5.69 Å². The molecule has 1 fully saturated rings. The predicted octanol–water partition coefficient (Wildman–Crippen LogP) is 3.64. The average molecular weight is 375 g/mol. The van der Waals surface area contributed by atoms with Crippen molar-refractivity contribution < 1.29 is 4.74 Å². The third kappa shape index (κ3) is 3.63. The summed E-state index contributed by atoms with van der Waals surface area (Å²) in [7, 11) is 0. The van der Waals surface area contributed by atoms with Crippen molar-refractivity contribution in [3.05, 3.63) is 49.8 Å². The Morgan fingerprint density at radius 1 is 1.35 bits per heavy atom. The van der Waals surface area contributed by atoms with E-state index in [0.717, 1.165) is 24.3 Å². The quantitative estimate of drug-likeness (QED) is 0.887. The summed E-state index contributed by atoms with van der Waals surface area (Å²) >= 11 is 18.2. The van der Waals surface area contributed by atoms with Crippen LogP contribution in [-0.4, -0.2) is 29.5 Å². The van der Waals surface area contributed by atoms with Gasteiger partial charge in [0, 0.05) is 24.1 Å². The van der Waals surface area contributed by atoms with Crippen LogP contribution >= 0.6 is 34.8 Å². The molecule has 5 nitrogen and oxygen atoms in total. The molecule has 0 bridgehead atoms. The highest BCUT2D eigenvalue weighted by molar-refractivity contribution is 6.36. The number of anilines is 1. The smallest absolute Gasteiger partial charge is 0.292 e. The molecule has 1 aliphatic heterocycles. The van der Waals surface area contributed by atoms with E-state index in [9.17, 15) is 4.79 Å². The van der Waals surface area contributed by atoms with Crippen molar-refractivity contribution >= 4 is 40.5 Å². The molecule has 0 radical (unpaired) electrons. The number of benzene rings is 1. The largest absolute Gasteiger partial charge is 0.382 e. The zero-order chi connectivity index (χ0) is 16.4. The van der Waals surface area contributed by atoms with E-state index in [1.807, 2.05) is 0 Å². The first-order chi connectivity index (χ1) is 11.1. The van der Waals surface area contributed by atoms with Gasteiger partial charge in [0.1, 0.15) is 5.02 Å². The van der Waals surface area contributed by atoms with E-state index in [2.05, 4.69) is 10.4 Å². The van der Waals surface area contributed by atoms with Gasteiger partial charge in [0.05, 0.1) is 29.2 Å². The van der Waals surface area contributed by atoms with E-state index in [1.165, 1.54) is 6.20 Å². The summed E-state index contributed by atoms with van der Waals surface area (Å²) in [4.78, 5) is 12.4. The van der Waals surface area contributed by atoms with Gasteiger partial charge in [0.2, 0.25) is 0 Å². The van der Waals surface area contributed by atoms with Crippen molar-refractivity contribution in [2.45, 2.75) is 6.42 Å². The molecule has 0 aliphatic carbocycles. The van der Waals surface area contributed by atoms with Crippen LogP contribution in [0.4, 0.5) is 5.69 Å². The number of nitrogens with zero attached hydrogens (tertiary/aromatic N) is 2. The van der Waals surface area contributed by atoms with Crippen LogP contribution in [-0.2, 0) is 4.74 Å². The third-order valence-electron chi connectivity index (χ3n) is 3.66. The van der Waals surface area contributed by atoms with Crippen molar-refractivity contribution in [2.24, 2.45) is 5.92 Å². The Morgan fingerprint density at radius 3 is 2.87 bits per heavy atom. The number of hydrogen-bond donors (Lipinski definition) is 1. The summed E-state index contributed by atoms with van der Waals surface area (Å²) in [5.74, 6) is 0.416. The van der Waals surface area contributed by atoms with Crippen LogP contribution in [0, 0.1) is 5.92 Å². The normalized spacial score (nSPS) is 17.4. The van der Waals surface area contributed by atoms with Gasteiger partial charge in [-0.25, -0.2) is 0 Å². The van der Waals surface area contributed by atoms with E-state index in [1.54, 1.807) is 18.2 Å². The average Bonchev–Trinajstić information content (AvgIpc) is 3.03. The minimum atomic E-state index is -0.441. The summed E-state index contributed by atoms with van der Waals surface area (Å²) in [6.07, 6.45) is 2.51. The molecule has 122 valence electrons. The Kier molecular flexibility index (Phi) is 5.11. The lowest BCUT2D eigenvalue weighted by Crippen LogP contribution is -2.24. The lowest BCUT2D eigenvalue weighted by atomic mass is 10.1. The van der Waals surface area contributed by atoms with Gasteiger partial charge in [-0.15, -0.1) is 0 Å². The molecular formula is C15H14Cl3N3O2. The molecule has 8 heteroatoms. The second-order valence-corrected chi connectivity index (χ2v) is 6.52. The highest BCUT2D eigenvalue weighted by Crippen LogP contribution is 2.24. The maximum absolute atomic E-state index is 12.4. The molecule has 0 spiro atoms. The molecule has 2 heterocycles. The van der Waals surface area contributed by atoms with Gasteiger partial charge in [0.15, 0.2) is 0 Å². The summed E-state index contributed by atoms with van der Waals surface area (Å²) in [6, 6.07) is 4.81. The highest BCUT2D eigenvalue weighted by Gasteiger charge is 2.17. The van der Waals surface area contributed by atoms with Crippen LogP contribution in [0.3, 0.4) is 0 Å². The van der Waals surface area contributed by atoms with E-state index in [0.29, 0.717) is 33.9 Å². The monoisotopic (exact) mass is 373 g/mol. The van der Waals surface area contributed by atoms with E-state index in [-0.39, 0.29) is 5.02 Å². The van der Waals surface area contributed by atoms with E-state index in [4.69, 9.17) is 39.5 Å². The summed E-state index contributed by atoms with van der Waals surface area (Å²) in [5, 5.41) is 8.18. The Labute approximate surface area is 148 Å². The van der Waals surface area contributed by atoms with Crippen molar-refractivity contribution in [1.29, 1.82) is 0 Å². The Bertz CT molecular complexity index is 773. The molecule has 0 saturated carbocycles. The Hall–Kier alpha value is -1.27. The van der Waals surface area contributed by atoms with Crippen molar-refractivity contribution in [3.8, 4) is 5.69 Å². The maximum Gasteiger partial charge on any atom is 0.292 e. The fourth-order valence-electron chi connectivity index (χ4n) is 2.38. The topological polar surface area (TPSA) is 56.1 Å². The number of hydrogen-bond acceptors (Lipinski definition) is 4. The second-order valence-electron chi connectivity index (χ2n) is 5.30. The molecule has 1 aromatic carbocycles. The predicted molar refractivity (Wildman–Crippen MR) is 92.3 cm³/mol. The molecule has 1 saturated heterocycles. The van der Waals surface area contributed by atoms with Gasteiger partial charge in [-0.3, -0.25) is 4.79 Å². The van der Waals surface area contributed by atoms with Crippen molar-refractivity contribution in [2.75, 3.05) is 25.1 Å². The number of halogens is 3. The molecule has 1 aromatic heterocycles. The molecule has 1 unspecified atom stereocenters. The SMILES string of the molecule is O=c1c(Cl)c(NCC2CCOC2)cnn1-c1ccc(Cl)cc1Cl. The molecule has 2 aromatic rings. The number of rotatable bonds is 4. The van der Waals surface area contributed by atoms with Gasteiger partial charge in [-0.2, -0.15) is 9.78 Å². The Balaban J connectivity index is 1.86. The number of aromatic nitrogens is 2. The van der Waals surface area contributed by atoms with Gasteiger partial charge in [-0.1, -0.05) is 34.8 Å². The van der Waals surface area contributed by atoms with Gasteiger partial charge in [-0.05, 0) is 24.6 Å². The van der Waals surface area contributed by atoms with E-state index < -0.39 is 5.56 Å². The van der Waals surface area contributed by atoms with Crippen LogP contribution in [0.1, 0.15) is 6.42 Å². The standard InChI is InChI=1S/C15H14Cl3N3O2/c16-10-1-2-13(11(17)5-10)21-15(22)14(18)12(7-20-21)19-6-9-3-4-23-8-9/h1-2,5,7,9,19H,3-4,6,8H2. The lowest BCUT2D eigenvalue weighted by Gasteiger charge is -2.13. The van der Waals surface area contributed by atoms with Gasteiger partial charge >= 0.3 is 0 Å². The van der Waals surface area contributed by atoms with Crippen LogP contribution in [0.2, 0.25) is 15.1 Å². The molecule has 1 aliphatic rings. The van der Waals surface area contributed by atoms with E-state index >= 15 is 0 Å². The van der Waals surface area contributed by atoms with Crippen LogP contribution in [0.5, 0.6) is 0 Å².